The Labute approximate surface area is 743 Å². The van der Waals surface area contributed by atoms with E-state index in [0.717, 1.165) is 24.3 Å². The van der Waals surface area contributed by atoms with Gasteiger partial charge in [0.15, 0.2) is 69.3 Å². The molecule has 0 saturated carbocycles. The van der Waals surface area contributed by atoms with Gasteiger partial charge < -0.3 is 92.5 Å². The van der Waals surface area contributed by atoms with Gasteiger partial charge in [0.25, 0.3) is 0 Å². The summed E-state index contributed by atoms with van der Waals surface area (Å²) < 4.78 is 0. The molecule has 0 unspecified atom stereocenters. The first-order valence-corrected chi connectivity index (χ1v) is 38.9. The summed E-state index contributed by atoms with van der Waals surface area (Å²) in [6.45, 7) is -0.352. The second kappa shape index (κ2) is 34.2. The number of hydrogen-bond donors (Lipinski definition) is 18. The maximum atomic E-state index is 12.4. The molecule has 0 saturated heterocycles. The molecule has 7 aliphatic carbocycles. The number of anilines is 1. The molecule has 0 spiro atoms. The number of benzene rings is 14. The third kappa shape index (κ3) is 15.1. The molecule has 0 radical (unpaired) electrons. The van der Waals surface area contributed by atoms with Crippen LogP contribution in [0.3, 0.4) is 0 Å². The van der Waals surface area contributed by atoms with Gasteiger partial charge in [0.1, 0.15) is 74.7 Å². The monoisotopic (exact) mass is 1790 g/mol. The number of carboxylic acids is 1. The fourth-order valence-corrected chi connectivity index (χ4v) is 15.9. The van der Waals surface area contributed by atoms with Crippen molar-refractivity contribution in [2.75, 3.05) is 5.73 Å². The Morgan fingerprint density at radius 1 is 0.203 bits per heavy atom. The Bertz CT molecular complexity index is 7370. The number of nitrogen functional groups attached to an aromatic ring is 1. The normalized spacial score (nSPS) is 13.0. The highest BCUT2D eigenvalue weighted by atomic mass is 16.4. The van der Waals surface area contributed by atoms with Crippen molar-refractivity contribution < 1.29 is 159 Å². The molecule has 33 heteroatoms. The fraction of sp³-hybridized carbons (Fsp3) is 0.0100. The van der Waals surface area contributed by atoms with Crippen LogP contribution in [-0.2, 0) is 6.61 Å². The van der Waals surface area contributed by atoms with E-state index < -0.39 is 104 Å². The minimum Gasteiger partial charge on any atom is -0.508 e. The molecular formula is C100H59NO32. The average molecular weight is 1790 g/mol. The number of carboxylic acid groups (broad SMARTS) is 1. The maximum Gasteiger partial charge on any atom is 0.335 e. The molecule has 133 heavy (non-hydrogen) atoms. The molecule has 33 nitrogen and oxygen atoms in total. The van der Waals surface area contributed by atoms with Gasteiger partial charge in [-0.2, -0.15) is 0 Å². The van der Waals surface area contributed by atoms with Crippen molar-refractivity contribution in [2.24, 2.45) is 0 Å². The molecule has 0 bridgehead atoms. The third-order valence-electron chi connectivity index (χ3n) is 22.1. The van der Waals surface area contributed by atoms with Crippen molar-refractivity contribution in [1.29, 1.82) is 0 Å². The van der Waals surface area contributed by atoms with Crippen molar-refractivity contribution in [3.8, 4) is 86.2 Å². The van der Waals surface area contributed by atoms with Gasteiger partial charge in [0, 0.05) is 89.1 Å². The average Bonchev–Trinajstić information content (AvgIpc) is 0.680. The van der Waals surface area contributed by atoms with E-state index in [1.165, 1.54) is 176 Å². The molecule has 0 heterocycles. The molecule has 0 aromatic heterocycles. The van der Waals surface area contributed by atoms with Crippen molar-refractivity contribution >= 4 is 92.6 Å². The summed E-state index contributed by atoms with van der Waals surface area (Å²) in [4.78, 5) is 183. The van der Waals surface area contributed by atoms with Crippen LogP contribution in [0.2, 0.25) is 0 Å². The van der Waals surface area contributed by atoms with E-state index in [0.29, 0.717) is 11.1 Å². The number of carbonyl (C=O) groups excluding carboxylic acids is 14. The minimum absolute atomic E-state index is 0.000556. The van der Waals surface area contributed by atoms with Crippen LogP contribution in [0.25, 0.3) is 0 Å². The van der Waals surface area contributed by atoms with E-state index in [1.807, 2.05) is 0 Å². The Morgan fingerprint density at radius 3 is 0.857 bits per heavy atom. The number of carbonyl (C=O) groups is 15. The van der Waals surface area contributed by atoms with Gasteiger partial charge in [-0.15, -0.1) is 0 Å². The highest BCUT2D eigenvalue weighted by Crippen LogP contribution is 2.46. The number of nitrogens with two attached hydrogens (primary N) is 1. The Balaban J connectivity index is 0.000000119. The standard InChI is InChI=1S/C15H8O6.C15H10O5.C14H9NO5.4C14H8O4/c16-9-3-1-2-7-11(9)14(19)12-8(13(7)18)4-6(15(20)21)5-10(12)17;16-6-7-4-9-13(11(18)5-7)15(20)12-8(14(9)19)2-1-3-10(12)17;15-5-1-2-6(16)10-9(5)13(19)11-7(17)3-4-8(18)12(11)14(10)20;15-7-1-3-9-11(5-7)14(18)10-4-2-8(16)6-12(10)13(9)17;15-9-5-1-3-7-11(9)14(18)8-4-2-6-10(16)12(8)13(7)17;15-9-5-6-10(16)12-11(9)13(17)7-3-1-2-4-8(7)14(12)18;15-10-6-5-9-11(14(10)18)13(17)8-4-2-1-3-7(8)12(9)16/h1-5,16-17H,(H,20,21);1-5,16-18H,6H2;1-4,16-18H,15H2;3*1-6,15-16H;1-6,15,18H. The molecule has 21 rings (SSSR count). The lowest BCUT2D eigenvalue weighted by Gasteiger charge is -2.21. The summed E-state index contributed by atoms with van der Waals surface area (Å²) in [5.74, 6) is -13.4. The highest BCUT2D eigenvalue weighted by molar-refractivity contribution is 6.36. The van der Waals surface area contributed by atoms with Crippen LogP contribution in [0.4, 0.5) is 5.69 Å². The summed E-state index contributed by atoms with van der Waals surface area (Å²) in [7, 11) is 0. The van der Waals surface area contributed by atoms with Crippen molar-refractivity contribution in [2.45, 2.75) is 6.61 Å². The number of aliphatic hydroxyl groups is 1. The zero-order valence-electron chi connectivity index (χ0n) is 67.5. The van der Waals surface area contributed by atoms with Gasteiger partial charge in [-0.25, -0.2) is 4.79 Å². The van der Waals surface area contributed by atoms with Crippen LogP contribution in [0, 0.1) is 0 Å². The summed E-state index contributed by atoms with van der Waals surface area (Å²) in [6.07, 6.45) is 0. The molecule has 0 fully saturated rings. The molecule has 7 aliphatic rings. The van der Waals surface area contributed by atoms with Gasteiger partial charge in [0.05, 0.1) is 84.5 Å². The van der Waals surface area contributed by atoms with E-state index in [1.54, 1.807) is 30.3 Å². The van der Waals surface area contributed by atoms with Crippen LogP contribution < -0.4 is 5.73 Å². The van der Waals surface area contributed by atoms with Crippen LogP contribution >= 0.6 is 0 Å². The van der Waals surface area contributed by atoms with Crippen molar-refractivity contribution in [3.05, 3.63) is 397 Å². The number of aliphatic hydroxyl groups excluding tert-OH is 1. The predicted molar refractivity (Wildman–Crippen MR) is 461 cm³/mol. The SMILES string of the molecule is Nc1ccc(O)c2c1C(=O)c1c(O)ccc(O)c1C2=O.O=C(O)c1cc(O)c2c(c1)C(=O)c1cccc(O)c1C2=O.O=C1c2ccc(O)cc2C(=O)c2ccc(O)cc21.O=C1c2cccc(O)c2C(=O)c2c(O)cc(CO)cc21.O=C1c2cccc(O)c2C(=O)c2cccc(O)c21.O=C1c2ccccc2C(=O)c2c(O)ccc(O)c21.O=C1c2ccccc2C(=O)c2c1ccc(O)c2O. The van der Waals surface area contributed by atoms with E-state index in [9.17, 15) is 149 Å². The Kier molecular flexibility index (Phi) is 22.8. The first-order chi connectivity index (χ1) is 63.3. The van der Waals surface area contributed by atoms with E-state index >= 15 is 0 Å². The number of phenolic OH excluding ortho intramolecular Hbond substituents is 15. The smallest absolute Gasteiger partial charge is 0.335 e. The number of rotatable bonds is 2. The first kappa shape index (κ1) is 88.5. The summed E-state index contributed by atoms with van der Waals surface area (Å²) >= 11 is 0. The molecule has 0 atom stereocenters. The molecule has 0 aliphatic heterocycles. The Morgan fingerprint density at radius 2 is 0.459 bits per heavy atom. The summed E-state index contributed by atoms with van der Waals surface area (Å²) in [6, 6.07) is 52.0. The van der Waals surface area contributed by atoms with Crippen LogP contribution in [0.15, 0.2) is 231 Å². The quantitative estimate of drug-likeness (QED) is 0.0434. The molecule has 656 valence electrons. The number of fused-ring (bicyclic) bond motifs is 14. The lowest BCUT2D eigenvalue weighted by molar-refractivity contribution is 0.0693. The third-order valence-corrected chi connectivity index (χ3v) is 22.1. The molecule has 14 aromatic carbocycles. The van der Waals surface area contributed by atoms with Crippen molar-refractivity contribution in [3.63, 3.8) is 0 Å². The summed E-state index contributed by atoms with van der Waals surface area (Å²) in [5.41, 5.74) is 5.81. The fourth-order valence-electron chi connectivity index (χ4n) is 15.9. The first-order valence-electron chi connectivity index (χ1n) is 38.9. The number of hydrogen-bond acceptors (Lipinski definition) is 32. The number of aromatic hydroxyl groups is 15. The number of ketones is 14. The second-order valence-electron chi connectivity index (χ2n) is 29.9. The highest BCUT2D eigenvalue weighted by Gasteiger charge is 2.42. The van der Waals surface area contributed by atoms with Crippen LogP contribution in [0.5, 0.6) is 86.2 Å². The van der Waals surface area contributed by atoms with Gasteiger partial charge in [-0.1, -0.05) is 97.1 Å². The lowest BCUT2D eigenvalue weighted by Crippen LogP contribution is -2.22. The van der Waals surface area contributed by atoms with Gasteiger partial charge in [-0.3, -0.25) is 67.1 Å². The van der Waals surface area contributed by atoms with Crippen molar-refractivity contribution in [1.82, 2.24) is 0 Å². The molecular weight excluding hydrogens is 1730 g/mol. The van der Waals surface area contributed by atoms with Crippen LogP contribution in [-0.4, -0.2) is 174 Å². The largest absolute Gasteiger partial charge is 0.508 e. The second-order valence-corrected chi connectivity index (χ2v) is 29.9. The minimum atomic E-state index is -1.32. The van der Waals surface area contributed by atoms with Gasteiger partial charge in [-0.05, 0) is 139 Å². The molecule has 0 amide bonds. The zero-order valence-corrected chi connectivity index (χ0v) is 67.5. The van der Waals surface area contributed by atoms with Crippen LogP contribution in [0.1, 0.15) is 239 Å². The molecule has 14 aromatic rings. The van der Waals surface area contributed by atoms with E-state index in [2.05, 4.69) is 0 Å². The number of aromatic carboxylic acids is 1. The maximum absolute atomic E-state index is 12.4. The van der Waals surface area contributed by atoms with Gasteiger partial charge >= 0.3 is 5.97 Å². The predicted octanol–water partition coefficient (Wildman–Crippen LogP) is 11.6. The lowest BCUT2D eigenvalue weighted by atomic mass is 9.82. The topological polar surface area (TPSA) is 626 Å². The number of phenols is 15. The van der Waals surface area contributed by atoms with E-state index in [-0.39, 0.29) is 237 Å². The summed E-state index contributed by atoms with van der Waals surface area (Å²) in [5, 5.41) is 163. The molecule has 19 N–H and O–H groups in total. The zero-order chi connectivity index (χ0) is 95.8. The Hall–Kier alpha value is -19.3. The van der Waals surface area contributed by atoms with Gasteiger partial charge in [0.2, 0.25) is 23.1 Å². The van der Waals surface area contributed by atoms with E-state index in [4.69, 9.17) is 15.9 Å².